The highest BCUT2D eigenvalue weighted by molar-refractivity contribution is 7.99. The van der Waals surface area contributed by atoms with Crippen molar-refractivity contribution < 1.29 is 9.53 Å². The van der Waals surface area contributed by atoms with Crippen molar-refractivity contribution in [3.8, 4) is 0 Å². The molecule has 1 saturated heterocycles. The molecule has 1 aliphatic heterocycles. The number of carbonyl (C=O) groups is 1. The molecule has 0 bridgehead atoms. The Kier molecular flexibility index (Phi) is 6.29. The Bertz CT molecular complexity index is 260. The van der Waals surface area contributed by atoms with E-state index in [4.69, 9.17) is 4.74 Å². The quantitative estimate of drug-likeness (QED) is 0.826. The second kappa shape index (κ2) is 7.24. The number of thioether (sulfide) groups is 1. The lowest BCUT2D eigenvalue weighted by Gasteiger charge is -2.27. The van der Waals surface area contributed by atoms with Crippen LogP contribution < -0.4 is 10.6 Å². The molecule has 0 aliphatic carbocycles. The third-order valence-corrected chi connectivity index (χ3v) is 3.74. The molecule has 18 heavy (non-hydrogen) atoms. The first-order valence-electron chi connectivity index (χ1n) is 6.67. The van der Waals surface area contributed by atoms with Gasteiger partial charge in [0.1, 0.15) is 5.60 Å². The summed E-state index contributed by atoms with van der Waals surface area (Å²) in [6, 6.07) is 0.882. The molecule has 0 radical (unpaired) electrons. The predicted octanol–water partition coefficient (Wildman–Crippen LogP) is 2.38. The van der Waals surface area contributed by atoms with Crippen molar-refractivity contribution in [2.45, 2.75) is 58.2 Å². The number of hydrogen-bond donors (Lipinski definition) is 2. The van der Waals surface area contributed by atoms with E-state index in [0.29, 0.717) is 12.6 Å². The molecule has 0 spiro atoms. The Labute approximate surface area is 115 Å². The van der Waals surface area contributed by atoms with Gasteiger partial charge in [-0.3, -0.25) is 0 Å². The minimum absolute atomic E-state index is 0.283. The maximum atomic E-state index is 11.5. The number of carbonyl (C=O) groups excluding carboxylic acids is 1. The first-order chi connectivity index (χ1) is 8.37. The van der Waals surface area contributed by atoms with E-state index in [1.54, 1.807) is 0 Å². The Morgan fingerprint density at radius 2 is 2.00 bits per heavy atom. The second-order valence-electron chi connectivity index (χ2n) is 5.84. The van der Waals surface area contributed by atoms with Crippen LogP contribution in [-0.2, 0) is 4.74 Å². The highest BCUT2D eigenvalue weighted by Gasteiger charge is 2.18. The summed E-state index contributed by atoms with van der Waals surface area (Å²) in [5, 5.41) is 6.35. The lowest BCUT2D eigenvalue weighted by Crippen LogP contribution is -2.45. The van der Waals surface area contributed by atoms with Crippen LogP contribution in [0.1, 0.15) is 40.5 Å². The summed E-state index contributed by atoms with van der Waals surface area (Å²) in [6.07, 6.45) is 2.11. The van der Waals surface area contributed by atoms with Crippen molar-refractivity contribution in [1.82, 2.24) is 10.6 Å². The third-order valence-electron chi connectivity index (χ3n) is 2.69. The van der Waals surface area contributed by atoms with Crippen LogP contribution in [0, 0.1) is 0 Å². The predicted molar refractivity (Wildman–Crippen MR) is 77.2 cm³/mol. The van der Waals surface area contributed by atoms with Gasteiger partial charge in [-0.1, -0.05) is 0 Å². The lowest BCUT2D eigenvalue weighted by molar-refractivity contribution is 0.0522. The summed E-state index contributed by atoms with van der Waals surface area (Å²) in [7, 11) is 0. The highest BCUT2D eigenvalue weighted by Crippen LogP contribution is 2.17. The van der Waals surface area contributed by atoms with Gasteiger partial charge in [0.2, 0.25) is 0 Å². The largest absolute Gasteiger partial charge is 0.444 e. The van der Waals surface area contributed by atoms with Crippen LogP contribution in [0.4, 0.5) is 4.79 Å². The van der Waals surface area contributed by atoms with Crippen molar-refractivity contribution >= 4 is 17.9 Å². The van der Waals surface area contributed by atoms with Crippen LogP contribution in [0.5, 0.6) is 0 Å². The lowest BCUT2D eigenvalue weighted by atomic mass is 10.1. The first-order valence-corrected chi connectivity index (χ1v) is 7.83. The van der Waals surface area contributed by atoms with Crippen LogP contribution in [0.2, 0.25) is 0 Å². The van der Waals surface area contributed by atoms with E-state index in [-0.39, 0.29) is 12.1 Å². The molecule has 2 N–H and O–H groups in total. The minimum atomic E-state index is -0.429. The van der Waals surface area contributed by atoms with Gasteiger partial charge in [0, 0.05) is 18.6 Å². The summed E-state index contributed by atoms with van der Waals surface area (Å²) < 4.78 is 5.20. The first kappa shape index (κ1) is 15.6. The van der Waals surface area contributed by atoms with Crippen molar-refractivity contribution in [3.05, 3.63) is 0 Å². The Hall–Kier alpha value is -0.420. The van der Waals surface area contributed by atoms with E-state index in [2.05, 4.69) is 17.6 Å². The zero-order chi connectivity index (χ0) is 13.6. The van der Waals surface area contributed by atoms with Crippen LogP contribution in [0.15, 0.2) is 0 Å². The van der Waals surface area contributed by atoms with Gasteiger partial charge in [0.25, 0.3) is 0 Å². The number of ether oxygens (including phenoxy) is 1. The summed E-state index contributed by atoms with van der Waals surface area (Å²) in [4.78, 5) is 11.5. The molecule has 4 nitrogen and oxygen atoms in total. The zero-order valence-corrected chi connectivity index (χ0v) is 12.7. The summed E-state index contributed by atoms with van der Waals surface area (Å²) in [5.41, 5.74) is -0.429. The molecule has 1 rings (SSSR count). The SMILES string of the molecule is CC(CNC(=O)OC(C)(C)C)NC1CCSCC1. The van der Waals surface area contributed by atoms with Gasteiger partial charge in [0.15, 0.2) is 0 Å². The van der Waals surface area contributed by atoms with Crippen LogP contribution >= 0.6 is 11.8 Å². The molecule has 1 fully saturated rings. The molecule has 0 aromatic heterocycles. The van der Waals surface area contributed by atoms with Crippen molar-refractivity contribution in [2.24, 2.45) is 0 Å². The van der Waals surface area contributed by atoms with E-state index in [0.717, 1.165) is 0 Å². The molecule has 106 valence electrons. The molecule has 0 aromatic rings. The van der Waals surface area contributed by atoms with Crippen LogP contribution in [-0.4, -0.2) is 41.8 Å². The number of amides is 1. The van der Waals surface area contributed by atoms with Gasteiger partial charge in [0.05, 0.1) is 0 Å². The maximum Gasteiger partial charge on any atom is 0.407 e. The van der Waals surface area contributed by atoms with Gasteiger partial charge >= 0.3 is 6.09 Å². The third kappa shape index (κ3) is 7.11. The second-order valence-corrected chi connectivity index (χ2v) is 7.06. The van der Waals surface area contributed by atoms with Gasteiger partial charge < -0.3 is 15.4 Å². The van der Waals surface area contributed by atoms with Gasteiger partial charge in [-0.2, -0.15) is 11.8 Å². The van der Waals surface area contributed by atoms with Crippen molar-refractivity contribution in [2.75, 3.05) is 18.1 Å². The smallest absolute Gasteiger partial charge is 0.407 e. The average molecular weight is 274 g/mol. The van der Waals surface area contributed by atoms with Gasteiger partial charge in [-0.25, -0.2) is 4.79 Å². The highest BCUT2D eigenvalue weighted by atomic mass is 32.2. The molecular weight excluding hydrogens is 248 g/mol. The fraction of sp³-hybridized carbons (Fsp3) is 0.923. The fourth-order valence-electron chi connectivity index (χ4n) is 1.88. The Morgan fingerprint density at radius 1 is 1.39 bits per heavy atom. The molecule has 1 heterocycles. The Balaban J connectivity index is 2.16. The molecule has 0 saturated carbocycles. The number of alkyl carbamates (subject to hydrolysis) is 1. The van der Waals surface area contributed by atoms with Gasteiger partial charge in [-0.15, -0.1) is 0 Å². The summed E-state index contributed by atoms with van der Waals surface area (Å²) in [5.74, 6) is 2.48. The van der Waals surface area contributed by atoms with Crippen molar-refractivity contribution in [3.63, 3.8) is 0 Å². The maximum absolute atomic E-state index is 11.5. The fourth-order valence-corrected chi connectivity index (χ4v) is 2.98. The molecule has 0 aromatic carbocycles. The number of hydrogen-bond acceptors (Lipinski definition) is 4. The molecule has 1 atom stereocenters. The summed E-state index contributed by atoms with van der Waals surface area (Å²) in [6.45, 7) is 8.31. The average Bonchev–Trinajstić information content (AvgIpc) is 2.25. The number of rotatable bonds is 4. The number of nitrogens with one attached hydrogen (secondary N) is 2. The van der Waals surface area contributed by atoms with Crippen LogP contribution in [0.25, 0.3) is 0 Å². The van der Waals surface area contributed by atoms with E-state index in [9.17, 15) is 4.79 Å². The molecule has 1 aliphatic rings. The van der Waals surface area contributed by atoms with E-state index in [1.807, 2.05) is 32.5 Å². The molecular formula is C13H26N2O2S. The Morgan fingerprint density at radius 3 is 2.56 bits per heavy atom. The zero-order valence-electron chi connectivity index (χ0n) is 11.9. The molecule has 1 amide bonds. The van der Waals surface area contributed by atoms with E-state index < -0.39 is 5.60 Å². The normalized spacial score (nSPS) is 19.3. The topological polar surface area (TPSA) is 50.4 Å². The van der Waals surface area contributed by atoms with Crippen molar-refractivity contribution in [1.29, 1.82) is 0 Å². The van der Waals surface area contributed by atoms with E-state index >= 15 is 0 Å². The minimum Gasteiger partial charge on any atom is -0.444 e. The molecule has 5 heteroatoms. The van der Waals surface area contributed by atoms with Gasteiger partial charge in [-0.05, 0) is 52.0 Å². The molecule has 1 unspecified atom stereocenters. The van der Waals surface area contributed by atoms with E-state index in [1.165, 1.54) is 24.3 Å². The summed E-state index contributed by atoms with van der Waals surface area (Å²) >= 11 is 2.02. The monoisotopic (exact) mass is 274 g/mol. The van der Waals surface area contributed by atoms with Crippen LogP contribution in [0.3, 0.4) is 0 Å². The standard InChI is InChI=1S/C13H26N2O2S/c1-10(15-11-5-7-18-8-6-11)9-14-12(16)17-13(2,3)4/h10-11,15H,5-9H2,1-4H3,(H,14,16).